The molecule has 0 bridgehead atoms. The van der Waals surface area contributed by atoms with Gasteiger partial charge in [0.2, 0.25) is 12.0 Å². The fourth-order valence-corrected chi connectivity index (χ4v) is 5.03. The molecule has 2 heterocycles. The summed E-state index contributed by atoms with van der Waals surface area (Å²) in [5, 5.41) is 12.9. The zero-order valence-electron chi connectivity index (χ0n) is 14.6. The molecule has 2 N–H and O–H groups in total. The quantitative estimate of drug-likeness (QED) is 0.619. The zero-order valence-corrected chi connectivity index (χ0v) is 15.4. The highest BCUT2D eigenvalue weighted by Crippen LogP contribution is 2.42. The van der Waals surface area contributed by atoms with Crippen LogP contribution in [-0.4, -0.2) is 29.6 Å². The number of carboxylic acid groups (broad SMARTS) is 1. The molecule has 2 aliphatic rings. The van der Waals surface area contributed by atoms with Crippen LogP contribution in [0.4, 0.5) is 0 Å². The Morgan fingerprint density at radius 2 is 2.04 bits per heavy atom. The number of ketones is 1. The van der Waals surface area contributed by atoms with Crippen LogP contribution in [0.1, 0.15) is 57.6 Å². The summed E-state index contributed by atoms with van der Waals surface area (Å²) in [4.78, 5) is 31.2. The third kappa shape index (κ3) is 2.76. The zero-order chi connectivity index (χ0) is 18.2. The number of ether oxygens (including phenoxy) is 1. The highest BCUT2D eigenvalue weighted by Gasteiger charge is 2.49. The number of thiophene rings is 1. The summed E-state index contributed by atoms with van der Waals surface area (Å²) in [6, 6.07) is 0. The van der Waals surface area contributed by atoms with E-state index in [9.17, 15) is 14.7 Å². The summed E-state index contributed by atoms with van der Waals surface area (Å²) >= 11 is 1.49. The average Bonchev–Trinajstić information content (AvgIpc) is 3.29. The first-order valence-corrected chi connectivity index (χ1v) is 9.16. The van der Waals surface area contributed by atoms with Gasteiger partial charge < -0.3 is 15.2 Å². The number of rotatable bonds is 5. The molecule has 1 unspecified atom stereocenters. The number of nitrogens with zero attached hydrogens (tertiary/aromatic N) is 1. The normalized spacial score (nSPS) is 21.9. The van der Waals surface area contributed by atoms with Gasteiger partial charge in [-0.3, -0.25) is 14.6 Å². The van der Waals surface area contributed by atoms with Crippen molar-refractivity contribution in [2.24, 2.45) is 10.4 Å². The van der Waals surface area contributed by atoms with Crippen LogP contribution in [0, 0.1) is 19.3 Å². The number of aryl methyl sites for hydroxylation is 1. The number of aliphatic imine (C=N–C) groups is 1. The second-order valence-corrected chi connectivity index (χ2v) is 7.76. The van der Waals surface area contributed by atoms with Crippen LogP contribution in [0.5, 0.6) is 0 Å². The predicted octanol–water partition coefficient (Wildman–Crippen LogP) is 3.35. The Kier molecular flexibility index (Phi) is 4.69. The minimum absolute atomic E-state index is 0.173. The lowest BCUT2D eigenvalue weighted by Gasteiger charge is -2.25. The van der Waals surface area contributed by atoms with Crippen molar-refractivity contribution in [3.63, 3.8) is 0 Å². The van der Waals surface area contributed by atoms with Crippen molar-refractivity contribution in [1.29, 1.82) is 0 Å². The van der Waals surface area contributed by atoms with Crippen LogP contribution < -0.4 is 5.32 Å². The van der Waals surface area contributed by atoms with Gasteiger partial charge in [-0.25, -0.2) is 0 Å². The van der Waals surface area contributed by atoms with Crippen molar-refractivity contribution in [2.75, 3.05) is 7.05 Å². The lowest BCUT2D eigenvalue weighted by molar-refractivity contribution is -0.144. The van der Waals surface area contributed by atoms with Crippen LogP contribution in [-0.2, 0) is 9.53 Å². The molecule has 1 aromatic rings. The third-order valence-corrected chi connectivity index (χ3v) is 6.36. The Morgan fingerprint density at radius 1 is 1.36 bits per heavy atom. The van der Waals surface area contributed by atoms with E-state index < -0.39 is 11.4 Å². The lowest BCUT2D eigenvalue weighted by Crippen LogP contribution is -2.41. The molecule has 1 aliphatic carbocycles. The van der Waals surface area contributed by atoms with Gasteiger partial charge in [-0.2, -0.15) is 0 Å². The van der Waals surface area contributed by atoms with E-state index in [1.807, 2.05) is 13.8 Å². The standard InChI is InChI=1S/C18H22N2O4S/c1-10-12(11(2)25-14(10)16-20-8-9-24-16)13(21)15(19-3)18(17(22)23)6-4-5-7-18/h8-9,16,20H,4-7H2,1-3H3,(H,22,23)/b19-15+. The second-order valence-electron chi connectivity index (χ2n) is 6.50. The molecular formula is C18H22N2O4S. The van der Waals surface area contributed by atoms with E-state index in [1.165, 1.54) is 18.4 Å². The molecule has 1 atom stereocenters. The number of nitrogens with one attached hydrogen (secondary N) is 1. The number of Topliss-reactive ketones (excluding diaryl/α,β-unsaturated/α-hetero) is 1. The van der Waals surface area contributed by atoms with Crippen molar-refractivity contribution in [1.82, 2.24) is 5.32 Å². The first-order chi connectivity index (χ1) is 11.9. The van der Waals surface area contributed by atoms with Gasteiger partial charge in [0.05, 0.1) is 10.6 Å². The Labute approximate surface area is 150 Å². The highest BCUT2D eigenvalue weighted by atomic mass is 32.1. The van der Waals surface area contributed by atoms with Crippen molar-refractivity contribution in [3.05, 3.63) is 33.3 Å². The van der Waals surface area contributed by atoms with Gasteiger partial charge in [0.25, 0.3) is 0 Å². The minimum Gasteiger partial charge on any atom is -0.481 e. The van der Waals surface area contributed by atoms with Gasteiger partial charge in [-0.05, 0) is 32.3 Å². The molecule has 0 radical (unpaired) electrons. The van der Waals surface area contributed by atoms with Gasteiger partial charge in [-0.1, -0.05) is 12.8 Å². The van der Waals surface area contributed by atoms with E-state index >= 15 is 0 Å². The molecule has 1 saturated carbocycles. The van der Waals surface area contributed by atoms with E-state index in [0.717, 1.165) is 28.2 Å². The lowest BCUT2D eigenvalue weighted by atomic mass is 9.77. The molecule has 0 amide bonds. The topological polar surface area (TPSA) is 88.0 Å². The molecule has 6 nitrogen and oxygen atoms in total. The van der Waals surface area contributed by atoms with Crippen LogP contribution >= 0.6 is 11.3 Å². The molecule has 1 fully saturated rings. The maximum absolute atomic E-state index is 13.3. The Balaban J connectivity index is 2.01. The Morgan fingerprint density at radius 3 is 2.56 bits per heavy atom. The number of carbonyl (C=O) groups is 2. The number of hydrogen-bond acceptors (Lipinski definition) is 6. The monoisotopic (exact) mass is 362 g/mol. The molecule has 1 aromatic heterocycles. The summed E-state index contributed by atoms with van der Waals surface area (Å²) in [7, 11) is 1.51. The smallest absolute Gasteiger partial charge is 0.315 e. The molecule has 0 saturated heterocycles. The number of carboxylic acids is 1. The SMILES string of the molecule is C/N=C(\C(=O)c1c(C)sc(C2NC=CO2)c1C)C1(C(=O)O)CCCC1. The van der Waals surface area contributed by atoms with Crippen molar-refractivity contribution >= 4 is 28.8 Å². The van der Waals surface area contributed by atoms with Gasteiger partial charge >= 0.3 is 5.97 Å². The molecule has 0 aromatic carbocycles. The summed E-state index contributed by atoms with van der Waals surface area (Å²) in [5.74, 6) is -1.22. The van der Waals surface area contributed by atoms with Gasteiger partial charge in [-0.15, -0.1) is 11.3 Å². The fourth-order valence-electron chi connectivity index (χ4n) is 3.86. The second kappa shape index (κ2) is 6.63. The van der Waals surface area contributed by atoms with Crippen LogP contribution in [0.15, 0.2) is 17.5 Å². The summed E-state index contributed by atoms with van der Waals surface area (Å²) in [6.45, 7) is 3.76. The predicted molar refractivity (Wildman–Crippen MR) is 96.1 cm³/mol. The maximum atomic E-state index is 13.3. The first kappa shape index (κ1) is 17.7. The number of hydrogen-bond donors (Lipinski definition) is 2. The van der Waals surface area contributed by atoms with Gasteiger partial charge in [0.1, 0.15) is 11.7 Å². The van der Waals surface area contributed by atoms with E-state index in [1.54, 1.807) is 12.5 Å². The average molecular weight is 362 g/mol. The van der Waals surface area contributed by atoms with Crippen molar-refractivity contribution in [3.8, 4) is 0 Å². The van der Waals surface area contributed by atoms with Crippen LogP contribution in [0.25, 0.3) is 0 Å². The third-order valence-electron chi connectivity index (χ3n) is 5.11. The Bertz CT molecular complexity index is 764. The molecule has 25 heavy (non-hydrogen) atoms. The largest absolute Gasteiger partial charge is 0.481 e. The first-order valence-electron chi connectivity index (χ1n) is 8.34. The van der Waals surface area contributed by atoms with E-state index in [2.05, 4.69) is 10.3 Å². The van der Waals surface area contributed by atoms with Crippen LogP contribution in [0.3, 0.4) is 0 Å². The Hall–Kier alpha value is -2.15. The molecule has 1 aliphatic heterocycles. The van der Waals surface area contributed by atoms with Gasteiger partial charge in [0, 0.05) is 23.7 Å². The van der Waals surface area contributed by atoms with E-state index in [4.69, 9.17) is 4.74 Å². The maximum Gasteiger partial charge on any atom is 0.315 e. The molecule has 3 rings (SSSR count). The van der Waals surface area contributed by atoms with Crippen molar-refractivity contribution < 1.29 is 19.4 Å². The van der Waals surface area contributed by atoms with Crippen LogP contribution in [0.2, 0.25) is 0 Å². The van der Waals surface area contributed by atoms with E-state index in [0.29, 0.717) is 18.4 Å². The fraction of sp³-hybridized carbons (Fsp3) is 0.500. The summed E-state index contributed by atoms with van der Waals surface area (Å²) in [5.41, 5.74) is 0.404. The number of aliphatic carboxylic acids is 1. The number of carbonyl (C=O) groups excluding carboxylic acids is 1. The molecule has 134 valence electrons. The molecule has 0 spiro atoms. The summed E-state index contributed by atoms with van der Waals surface area (Å²) in [6.07, 6.45) is 5.54. The van der Waals surface area contributed by atoms with E-state index in [-0.39, 0.29) is 17.7 Å². The minimum atomic E-state index is -1.16. The van der Waals surface area contributed by atoms with Crippen molar-refractivity contribution in [2.45, 2.75) is 45.8 Å². The highest BCUT2D eigenvalue weighted by molar-refractivity contribution is 7.12. The summed E-state index contributed by atoms with van der Waals surface area (Å²) < 4.78 is 5.50. The molecule has 7 heteroatoms. The molecular weight excluding hydrogens is 340 g/mol. The van der Waals surface area contributed by atoms with Gasteiger partial charge in [0.15, 0.2) is 0 Å².